The highest BCUT2D eigenvalue weighted by Gasteiger charge is 2.10. The van der Waals surface area contributed by atoms with Crippen molar-refractivity contribution in [2.45, 2.75) is 33.3 Å². The molecule has 1 N–H and O–H groups in total. The molecule has 2 nitrogen and oxygen atoms in total. The minimum atomic E-state index is -0.616. The van der Waals surface area contributed by atoms with Gasteiger partial charge in [-0.2, -0.15) is 0 Å². The van der Waals surface area contributed by atoms with E-state index < -0.39 is 11.6 Å². The molecule has 0 bridgehead atoms. The Bertz CT molecular complexity index is 349. The van der Waals surface area contributed by atoms with Crippen molar-refractivity contribution < 1.29 is 13.5 Å². The van der Waals surface area contributed by atoms with Crippen molar-refractivity contribution in [1.82, 2.24) is 5.32 Å². The predicted molar refractivity (Wildman–Crippen MR) is 68.8 cm³/mol. The first kappa shape index (κ1) is 14.9. The monoisotopic (exact) mass is 257 g/mol. The SMILES string of the molecule is CCC(CNCC(C)C)Oc1cc(F)cc(F)c1. The second-order valence-corrected chi connectivity index (χ2v) is 4.81. The van der Waals surface area contributed by atoms with Crippen LogP contribution in [0.2, 0.25) is 0 Å². The first-order valence-corrected chi connectivity index (χ1v) is 6.34. The van der Waals surface area contributed by atoms with Crippen LogP contribution in [0.3, 0.4) is 0 Å². The molecule has 0 saturated carbocycles. The Labute approximate surface area is 107 Å². The number of ether oxygens (including phenoxy) is 1. The van der Waals surface area contributed by atoms with Crippen LogP contribution in [-0.4, -0.2) is 19.2 Å². The highest BCUT2D eigenvalue weighted by molar-refractivity contribution is 5.24. The zero-order valence-electron chi connectivity index (χ0n) is 11.2. The maximum absolute atomic E-state index is 13.0. The van der Waals surface area contributed by atoms with Crippen LogP contribution in [0.1, 0.15) is 27.2 Å². The summed E-state index contributed by atoms with van der Waals surface area (Å²) >= 11 is 0. The Morgan fingerprint density at radius 1 is 1.11 bits per heavy atom. The third-order valence-corrected chi connectivity index (χ3v) is 2.52. The fraction of sp³-hybridized carbons (Fsp3) is 0.571. The maximum Gasteiger partial charge on any atom is 0.129 e. The van der Waals surface area contributed by atoms with Crippen LogP contribution >= 0.6 is 0 Å². The molecule has 18 heavy (non-hydrogen) atoms. The van der Waals surface area contributed by atoms with E-state index in [2.05, 4.69) is 19.2 Å². The lowest BCUT2D eigenvalue weighted by Gasteiger charge is -2.19. The summed E-state index contributed by atoms with van der Waals surface area (Å²) in [6.45, 7) is 7.80. The van der Waals surface area contributed by atoms with E-state index in [0.717, 1.165) is 19.0 Å². The van der Waals surface area contributed by atoms with Gasteiger partial charge >= 0.3 is 0 Å². The molecule has 0 fully saturated rings. The number of rotatable bonds is 7. The second kappa shape index (κ2) is 7.31. The van der Waals surface area contributed by atoms with Gasteiger partial charge in [-0.05, 0) is 18.9 Å². The van der Waals surface area contributed by atoms with Crippen molar-refractivity contribution >= 4 is 0 Å². The molecule has 0 aliphatic heterocycles. The summed E-state index contributed by atoms with van der Waals surface area (Å²) in [6, 6.07) is 3.24. The zero-order chi connectivity index (χ0) is 13.5. The van der Waals surface area contributed by atoms with Crippen LogP contribution in [-0.2, 0) is 0 Å². The van der Waals surface area contributed by atoms with Gasteiger partial charge in [-0.25, -0.2) is 8.78 Å². The quantitative estimate of drug-likeness (QED) is 0.808. The van der Waals surface area contributed by atoms with Crippen molar-refractivity contribution in [3.05, 3.63) is 29.8 Å². The summed E-state index contributed by atoms with van der Waals surface area (Å²) in [4.78, 5) is 0. The highest BCUT2D eigenvalue weighted by atomic mass is 19.1. The third kappa shape index (κ3) is 5.45. The van der Waals surface area contributed by atoms with Crippen molar-refractivity contribution in [3.63, 3.8) is 0 Å². The molecule has 1 rings (SSSR count). The molecule has 0 heterocycles. The molecule has 0 aromatic heterocycles. The number of hydrogen-bond donors (Lipinski definition) is 1. The van der Waals surface area contributed by atoms with Gasteiger partial charge in [-0.3, -0.25) is 0 Å². The van der Waals surface area contributed by atoms with E-state index >= 15 is 0 Å². The molecule has 0 aliphatic rings. The topological polar surface area (TPSA) is 21.3 Å². The van der Waals surface area contributed by atoms with Gasteiger partial charge in [-0.15, -0.1) is 0 Å². The molecule has 102 valence electrons. The van der Waals surface area contributed by atoms with E-state index in [4.69, 9.17) is 4.74 Å². The maximum atomic E-state index is 13.0. The summed E-state index contributed by atoms with van der Waals surface area (Å²) in [5, 5.41) is 3.27. The molecular formula is C14H21F2NO. The van der Waals surface area contributed by atoms with Gasteiger partial charge in [0.25, 0.3) is 0 Å². The molecule has 1 aromatic carbocycles. The van der Waals surface area contributed by atoms with Crippen molar-refractivity contribution in [3.8, 4) is 5.75 Å². The molecule has 1 aromatic rings. The van der Waals surface area contributed by atoms with E-state index in [9.17, 15) is 8.78 Å². The van der Waals surface area contributed by atoms with Crippen molar-refractivity contribution in [2.75, 3.05) is 13.1 Å². The second-order valence-electron chi connectivity index (χ2n) is 4.81. The normalized spacial score (nSPS) is 12.8. The highest BCUT2D eigenvalue weighted by Crippen LogP contribution is 2.17. The molecule has 0 aliphatic carbocycles. The van der Waals surface area contributed by atoms with Crippen LogP contribution < -0.4 is 10.1 Å². The average Bonchev–Trinajstić information content (AvgIpc) is 2.25. The summed E-state index contributed by atoms with van der Waals surface area (Å²) in [5.41, 5.74) is 0. The molecule has 4 heteroatoms. The van der Waals surface area contributed by atoms with E-state index in [1.165, 1.54) is 12.1 Å². The van der Waals surface area contributed by atoms with Gasteiger partial charge in [-0.1, -0.05) is 20.8 Å². The van der Waals surface area contributed by atoms with Crippen LogP contribution in [0.25, 0.3) is 0 Å². The molecule has 0 saturated heterocycles. The Hall–Kier alpha value is -1.16. The zero-order valence-corrected chi connectivity index (χ0v) is 11.2. The van der Waals surface area contributed by atoms with Gasteiger partial charge in [0.1, 0.15) is 23.5 Å². The van der Waals surface area contributed by atoms with E-state index in [0.29, 0.717) is 12.5 Å². The first-order chi connectivity index (χ1) is 8.51. The Morgan fingerprint density at radius 2 is 1.72 bits per heavy atom. The Kier molecular flexibility index (Phi) is 6.05. The minimum absolute atomic E-state index is 0.0788. The van der Waals surface area contributed by atoms with Crippen LogP contribution in [0.5, 0.6) is 5.75 Å². The summed E-state index contributed by atoms with van der Waals surface area (Å²) in [7, 11) is 0. The number of halogens is 2. The smallest absolute Gasteiger partial charge is 0.129 e. The lowest BCUT2D eigenvalue weighted by Crippen LogP contribution is -2.33. The summed E-state index contributed by atoms with van der Waals surface area (Å²) in [6.07, 6.45) is 0.702. The van der Waals surface area contributed by atoms with E-state index in [1.54, 1.807) is 0 Å². The Morgan fingerprint density at radius 3 is 2.22 bits per heavy atom. The molecule has 0 amide bonds. The largest absolute Gasteiger partial charge is 0.489 e. The van der Waals surface area contributed by atoms with Crippen molar-refractivity contribution in [2.24, 2.45) is 5.92 Å². The number of hydrogen-bond acceptors (Lipinski definition) is 2. The first-order valence-electron chi connectivity index (χ1n) is 6.34. The molecule has 1 atom stereocenters. The predicted octanol–water partition coefficient (Wildman–Crippen LogP) is 3.37. The fourth-order valence-electron chi connectivity index (χ4n) is 1.59. The molecule has 1 unspecified atom stereocenters. The van der Waals surface area contributed by atoms with Gasteiger partial charge in [0.05, 0.1) is 0 Å². The van der Waals surface area contributed by atoms with Crippen LogP contribution in [0, 0.1) is 17.6 Å². The van der Waals surface area contributed by atoms with Crippen LogP contribution in [0.4, 0.5) is 8.78 Å². The van der Waals surface area contributed by atoms with E-state index in [1.807, 2.05) is 6.92 Å². The third-order valence-electron chi connectivity index (χ3n) is 2.52. The number of benzene rings is 1. The van der Waals surface area contributed by atoms with Gasteiger partial charge < -0.3 is 10.1 Å². The molecule has 0 radical (unpaired) electrons. The van der Waals surface area contributed by atoms with Gasteiger partial charge in [0.15, 0.2) is 0 Å². The lowest BCUT2D eigenvalue weighted by molar-refractivity contribution is 0.190. The summed E-state index contributed by atoms with van der Waals surface area (Å²) < 4.78 is 31.6. The standard InChI is InChI=1S/C14H21F2NO/c1-4-13(9-17-8-10(2)3)18-14-6-11(15)5-12(16)7-14/h5-7,10,13,17H,4,8-9H2,1-3H3. The lowest BCUT2D eigenvalue weighted by atomic mass is 10.2. The van der Waals surface area contributed by atoms with Gasteiger partial charge in [0.2, 0.25) is 0 Å². The number of nitrogens with one attached hydrogen (secondary N) is 1. The Balaban J connectivity index is 2.51. The fourth-order valence-corrected chi connectivity index (χ4v) is 1.59. The summed E-state index contributed by atoms with van der Waals surface area (Å²) in [5.74, 6) is -0.426. The van der Waals surface area contributed by atoms with E-state index in [-0.39, 0.29) is 11.9 Å². The minimum Gasteiger partial charge on any atom is -0.489 e. The van der Waals surface area contributed by atoms with Crippen molar-refractivity contribution in [1.29, 1.82) is 0 Å². The van der Waals surface area contributed by atoms with Gasteiger partial charge in [0, 0.05) is 24.7 Å². The molecule has 0 spiro atoms. The molecular weight excluding hydrogens is 236 g/mol. The average molecular weight is 257 g/mol. The van der Waals surface area contributed by atoms with Crippen LogP contribution in [0.15, 0.2) is 18.2 Å².